The maximum atomic E-state index is 8.44. The van der Waals surface area contributed by atoms with Gasteiger partial charge in [0.1, 0.15) is 0 Å². The number of hydrogen-bond acceptors (Lipinski definition) is 2. The molecule has 0 unspecified atom stereocenters. The van der Waals surface area contributed by atoms with Gasteiger partial charge in [0.25, 0.3) is 12.7 Å². The van der Waals surface area contributed by atoms with Gasteiger partial charge in [0.05, 0.1) is 0 Å². The fraction of sp³-hybridized carbons (Fsp3) is 0. The summed E-state index contributed by atoms with van der Waals surface area (Å²) in [6.45, 7) is 0. The first-order valence-corrected chi connectivity index (χ1v) is 5.58. The third-order valence-electron chi connectivity index (χ3n) is 1.60. The summed E-state index contributed by atoms with van der Waals surface area (Å²) in [6.07, 6.45) is 0. The summed E-state index contributed by atoms with van der Waals surface area (Å²) in [4.78, 5) is 15.2. The van der Waals surface area contributed by atoms with Crippen LogP contribution in [0.3, 0.4) is 0 Å². The molecular formula is C6H5N9P+. The van der Waals surface area contributed by atoms with E-state index in [1.165, 1.54) is 0 Å². The molecule has 0 N–H and O–H groups in total. The van der Waals surface area contributed by atoms with Gasteiger partial charge in [-0.25, -0.2) is 0 Å². The highest BCUT2D eigenvalue weighted by molar-refractivity contribution is 7.71. The molecule has 0 atom stereocenters. The number of rotatable bonds is 3. The molecule has 0 bridgehead atoms. The number of diazo groups is 1. The second kappa shape index (κ2) is 5.39. The van der Waals surface area contributed by atoms with Crippen molar-refractivity contribution in [2.45, 2.75) is 0 Å². The minimum atomic E-state index is -3.22. The molecule has 1 rings (SSSR count). The van der Waals surface area contributed by atoms with E-state index in [0.29, 0.717) is 5.30 Å². The van der Waals surface area contributed by atoms with Gasteiger partial charge in [-0.2, -0.15) is 0 Å². The average molecular weight is 234 g/mol. The Labute approximate surface area is 89.7 Å². The Bertz CT molecular complexity index is 535. The minimum absolute atomic E-state index is 0.406. The van der Waals surface area contributed by atoms with E-state index in [9.17, 15) is 0 Å². The molecule has 0 spiro atoms. The fourth-order valence-electron chi connectivity index (χ4n) is 1.00. The molecule has 78 valence electrons. The van der Waals surface area contributed by atoms with Crippen LogP contribution in [0.4, 0.5) is 0 Å². The zero-order chi connectivity index (χ0) is 11.9. The van der Waals surface area contributed by atoms with E-state index >= 15 is 0 Å². The molecule has 1 aromatic rings. The van der Waals surface area contributed by atoms with Crippen LogP contribution < -0.4 is 5.30 Å². The zero-order valence-electron chi connectivity index (χ0n) is 7.86. The summed E-state index contributed by atoms with van der Waals surface area (Å²) in [7, 11) is -3.22. The molecule has 0 fully saturated rings. The molecule has 0 aliphatic carbocycles. The van der Waals surface area contributed by atoms with E-state index in [0.717, 1.165) is 0 Å². The number of hydrogen-bond donors (Lipinski definition) is 0. The maximum absolute atomic E-state index is 8.44. The maximum Gasteiger partial charge on any atom is 0.337 e. The summed E-state index contributed by atoms with van der Waals surface area (Å²) in [5.74, 6) is 0. The van der Waals surface area contributed by atoms with E-state index < -0.39 is 7.36 Å². The largest absolute Gasteiger partial charge is 0.337 e. The molecule has 0 aliphatic rings. The third-order valence-corrected chi connectivity index (χ3v) is 3.58. The molecule has 0 saturated carbocycles. The van der Waals surface area contributed by atoms with Gasteiger partial charge in [-0.1, -0.05) is 30.3 Å². The van der Waals surface area contributed by atoms with Crippen LogP contribution in [0.25, 0.3) is 26.0 Å². The van der Waals surface area contributed by atoms with Gasteiger partial charge in [-0.05, 0) is 20.8 Å². The lowest BCUT2D eigenvalue weighted by atomic mass is 10.4. The Hall–Kier alpha value is -2.51. The lowest BCUT2D eigenvalue weighted by molar-refractivity contribution is 1.35. The van der Waals surface area contributed by atoms with Gasteiger partial charge in [0.15, 0.2) is 4.85 Å². The average Bonchev–Trinajstić information content (AvgIpc) is 2.31. The van der Waals surface area contributed by atoms with Crippen LogP contribution in [0.2, 0.25) is 0 Å². The van der Waals surface area contributed by atoms with E-state index in [4.69, 9.17) is 16.5 Å². The Balaban J connectivity index is 3.60. The fourth-order valence-corrected chi connectivity index (χ4v) is 2.33. The van der Waals surface area contributed by atoms with Crippen molar-refractivity contribution in [1.29, 1.82) is 5.39 Å². The monoisotopic (exact) mass is 234 g/mol. The van der Waals surface area contributed by atoms with E-state index in [-0.39, 0.29) is 0 Å². The Morgan fingerprint density at radius 2 is 1.62 bits per heavy atom. The van der Waals surface area contributed by atoms with Gasteiger partial charge >= 0.3 is 5.08 Å². The SMILES string of the molecule is N#[N+]N=P(N=[N+]=[N-])(N=[N+]=[N-])c1ccccc1. The van der Waals surface area contributed by atoms with Crippen molar-refractivity contribution >= 4 is 12.7 Å². The normalized spacial score (nSPS) is 12.2. The molecule has 0 heterocycles. The lowest BCUT2D eigenvalue weighted by Gasteiger charge is -2.04. The molecule has 1 aromatic carbocycles. The Morgan fingerprint density at radius 3 is 2.06 bits per heavy atom. The first-order valence-electron chi connectivity index (χ1n) is 3.93. The van der Waals surface area contributed by atoms with Crippen molar-refractivity contribution in [3.8, 4) is 0 Å². The molecule has 16 heavy (non-hydrogen) atoms. The van der Waals surface area contributed by atoms with Crippen molar-refractivity contribution in [2.24, 2.45) is 14.6 Å². The summed E-state index contributed by atoms with van der Waals surface area (Å²) >= 11 is 0. The van der Waals surface area contributed by atoms with Crippen LogP contribution in [0.1, 0.15) is 0 Å². The van der Waals surface area contributed by atoms with E-state index in [1.54, 1.807) is 30.3 Å². The van der Waals surface area contributed by atoms with Gasteiger partial charge in [0.2, 0.25) is 0 Å². The number of nitrogens with zero attached hydrogens (tertiary/aromatic N) is 9. The molecular weight excluding hydrogens is 229 g/mol. The van der Waals surface area contributed by atoms with E-state index in [2.05, 4.69) is 29.5 Å². The molecule has 0 radical (unpaired) electrons. The number of azide groups is 1. The van der Waals surface area contributed by atoms with Crippen molar-refractivity contribution in [1.82, 2.24) is 0 Å². The predicted molar refractivity (Wildman–Crippen MR) is 58.8 cm³/mol. The highest BCUT2D eigenvalue weighted by atomic mass is 31.2. The second-order valence-corrected chi connectivity index (χ2v) is 4.63. The molecule has 0 aromatic heterocycles. The van der Waals surface area contributed by atoms with Crippen LogP contribution in [-0.2, 0) is 0 Å². The highest BCUT2D eigenvalue weighted by Crippen LogP contribution is 2.52. The van der Waals surface area contributed by atoms with Crippen molar-refractivity contribution in [3.63, 3.8) is 0 Å². The van der Waals surface area contributed by atoms with E-state index in [1.807, 2.05) is 0 Å². The van der Waals surface area contributed by atoms with Crippen LogP contribution in [0.5, 0.6) is 0 Å². The standard InChI is InChI=1S/C6H5N9P/c7-10-13-16(14-11-8,15-12-9)6-4-2-1-3-5-6/h1-5H/q+1. The van der Waals surface area contributed by atoms with Crippen molar-refractivity contribution in [3.05, 3.63) is 56.3 Å². The van der Waals surface area contributed by atoms with Crippen molar-refractivity contribution in [2.75, 3.05) is 0 Å². The van der Waals surface area contributed by atoms with Gasteiger partial charge in [-0.3, -0.25) is 0 Å². The molecule has 9 nitrogen and oxygen atoms in total. The Kier molecular flexibility index (Phi) is 3.90. The topological polar surface area (TPSA) is 138 Å². The summed E-state index contributed by atoms with van der Waals surface area (Å²) in [5.41, 5.74) is 16.9. The van der Waals surface area contributed by atoms with Crippen LogP contribution >= 0.6 is 7.36 Å². The zero-order valence-corrected chi connectivity index (χ0v) is 8.75. The quantitative estimate of drug-likeness (QED) is 0.193. The van der Waals surface area contributed by atoms with Gasteiger partial charge in [-0.15, -0.1) is 0 Å². The van der Waals surface area contributed by atoms with Crippen LogP contribution in [-0.4, -0.2) is 0 Å². The summed E-state index contributed by atoms with van der Waals surface area (Å²) in [6, 6.07) is 8.21. The lowest BCUT2D eigenvalue weighted by Crippen LogP contribution is -1.98. The minimum Gasteiger partial charge on any atom is -0.0622 e. The van der Waals surface area contributed by atoms with Gasteiger partial charge in [0, 0.05) is 15.1 Å². The summed E-state index contributed by atoms with van der Waals surface area (Å²) in [5, 5.41) is 11.4. The second-order valence-electron chi connectivity index (χ2n) is 2.44. The number of benzene rings is 1. The molecule has 0 aliphatic heterocycles. The first-order chi connectivity index (χ1) is 7.79. The summed E-state index contributed by atoms with van der Waals surface area (Å²) < 4.78 is 0. The van der Waals surface area contributed by atoms with Gasteiger partial charge < -0.3 is 0 Å². The smallest absolute Gasteiger partial charge is 0.0622 e. The molecule has 10 heteroatoms. The third kappa shape index (κ3) is 2.29. The van der Waals surface area contributed by atoms with Crippen LogP contribution in [0, 0.1) is 5.39 Å². The predicted octanol–water partition coefficient (Wildman–Crippen LogP) is 3.73. The molecule has 0 amide bonds. The van der Waals surface area contributed by atoms with Crippen molar-refractivity contribution < 1.29 is 0 Å². The van der Waals surface area contributed by atoms with Crippen LogP contribution in [0.15, 0.2) is 45.0 Å². The highest BCUT2D eigenvalue weighted by Gasteiger charge is 2.25. The molecule has 0 saturated heterocycles. The first kappa shape index (κ1) is 11.6. The Morgan fingerprint density at radius 1 is 1.06 bits per heavy atom.